The van der Waals surface area contributed by atoms with Crippen molar-refractivity contribution in [2.24, 2.45) is 5.41 Å². The Balaban J connectivity index is 2.26. The molecule has 2 aliphatic rings. The third-order valence-electron chi connectivity index (χ3n) is 3.53. The fourth-order valence-corrected chi connectivity index (χ4v) is 2.55. The molecule has 1 unspecified atom stereocenters. The highest BCUT2D eigenvalue weighted by molar-refractivity contribution is 6.27. The summed E-state index contributed by atoms with van der Waals surface area (Å²) in [7, 11) is 1.24. The van der Waals surface area contributed by atoms with Crippen LogP contribution >= 0.6 is 0 Å². The molecule has 0 saturated heterocycles. The minimum Gasteiger partial charge on any atom is -0.465 e. The predicted octanol–water partition coefficient (Wildman–Crippen LogP) is 1.19. The molecule has 0 heterocycles. The highest BCUT2D eigenvalue weighted by atomic mass is 16.5. The third-order valence-corrected chi connectivity index (χ3v) is 3.53. The quantitative estimate of drug-likeness (QED) is 0.380. The summed E-state index contributed by atoms with van der Waals surface area (Å²) in [6.07, 6.45) is 4.67. The Morgan fingerprint density at radius 3 is 2.75 bits per heavy atom. The van der Waals surface area contributed by atoms with Crippen molar-refractivity contribution >= 4 is 17.5 Å². The van der Waals surface area contributed by atoms with E-state index in [4.69, 9.17) is 0 Å². The van der Waals surface area contributed by atoms with Crippen LogP contribution in [0.2, 0.25) is 0 Å². The normalized spacial score (nSPS) is 29.4. The molecule has 0 bridgehead atoms. The number of ketones is 2. The number of ether oxygens (including phenoxy) is 1. The van der Waals surface area contributed by atoms with E-state index in [1.54, 1.807) is 6.08 Å². The van der Waals surface area contributed by atoms with E-state index in [0.29, 0.717) is 19.3 Å². The number of hydrogen-bond acceptors (Lipinski definition) is 4. The molecule has 0 aromatic carbocycles. The van der Waals surface area contributed by atoms with Gasteiger partial charge in [-0.2, -0.15) is 0 Å². The van der Waals surface area contributed by atoms with Gasteiger partial charge in [-0.3, -0.25) is 9.59 Å². The van der Waals surface area contributed by atoms with Gasteiger partial charge in [0.05, 0.1) is 18.1 Å². The molecule has 2 aliphatic carbocycles. The molecular formula is C12H14O4. The van der Waals surface area contributed by atoms with Crippen molar-refractivity contribution in [3.8, 4) is 0 Å². The molecule has 86 valence electrons. The van der Waals surface area contributed by atoms with E-state index in [0.717, 1.165) is 12.8 Å². The molecule has 0 aromatic heterocycles. The molecule has 16 heavy (non-hydrogen) atoms. The fraction of sp³-hybridized carbons (Fsp3) is 0.583. The molecule has 0 aromatic rings. The van der Waals surface area contributed by atoms with Gasteiger partial charge in [-0.15, -0.1) is 0 Å². The molecule has 0 amide bonds. The van der Waals surface area contributed by atoms with E-state index in [9.17, 15) is 14.4 Å². The summed E-state index contributed by atoms with van der Waals surface area (Å²) in [6.45, 7) is 0. The van der Waals surface area contributed by atoms with Crippen molar-refractivity contribution in [2.75, 3.05) is 7.11 Å². The number of carbonyl (C=O) groups is 3. The fourth-order valence-electron chi connectivity index (χ4n) is 2.55. The first kappa shape index (κ1) is 11.0. The maximum Gasteiger partial charge on any atom is 0.341 e. The van der Waals surface area contributed by atoms with Gasteiger partial charge in [0.15, 0.2) is 5.78 Å². The Morgan fingerprint density at radius 2 is 2.12 bits per heavy atom. The zero-order chi connectivity index (χ0) is 11.8. The standard InChI is InChI=1S/C12H14O4/c1-16-11(15)8-5-7-12(10(8)14)6-3-2-4-9(12)13/h5H,2-4,6-7H2,1H3. The summed E-state index contributed by atoms with van der Waals surface area (Å²) in [4.78, 5) is 35.3. The van der Waals surface area contributed by atoms with Gasteiger partial charge in [0.1, 0.15) is 5.78 Å². The molecule has 0 N–H and O–H groups in total. The highest BCUT2D eigenvalue weighted by Crippen LogP contribution is 2.43. The maximum absolute atomic E-state index is 12.1. The van der Waals surface area contributed by atoms with Crippen LogP contribution < -0.4 is 0 Å². The summed E-state index contributed by atoms with van der Waals surface area (Å²) >= 11 is 0. The summed E-state index contributed by atoms with van der Waals surface area (Å²) < 4.78 is 4.53. The van der Waals surface area contributed by atoms with Crippen LogP contribution in [-0.2, 0) is 19.1 Å². The average Bonchev–Trinajstić information content (AvgIpc) is 2.61. The lowest BCUT2D eigenvalue weighted by Crippen LogP contribution is -2.40. The van der Waals surface area contributed by atoms with Crippen LogP contribution in [0.3, 0.4) is 0 Å². The lowest BCUT2D eigenvalue weighted by molar-refractivity contribution is -0.142. The maximum atomic E-state index is 12.1. The second-order valence-electron chi connectivity index (χ2n) is 4.36. The zero-order valence-corrected chi connectivity index (χ0v) is 9.25. The first-order valence-corrected chi connectivity index (χ1v) is 5.48. The molecule has 0 radical (unpaired) electrons. The van der Waals surface area contributed by atoms with Crippen LogP contribution in [0.4, 0.5) is 0 Å². The van der Waals surface area contributed by atoms with Crippen molar-refractivity contribution in [1.29, 1.82) is 0 Å². The van der Waals surface area contributed by atoms with Gasteiger partial charge in [-0.25, -0.2) is 4.79 Å². The second kappa shape index (κ2) is 3.85. The van der Waals surface area contributed by atoms with Gasteiger partial charge in [0, 0.05) is 6.42 Å². The third kappa shape index (κ3) is 1.40. The largest absolute Gasteiger partial charge is 0.465 e. The van der Waals surface area contributed by atoms with E-state index < -0.39 is 11.4 Å². The average molecular weight is 222 g/mol. The summed E-state index contributed by atoms with van der Waals surface area (Å²) in [5.41, 5.74) is -0.875. The van der Waals surface area contributed by atoms with Crippen molar-refractivity contribution in [2.45, 2.75) is 32.1 Å². The number of Topliss-reactive ketones (excluding diaryl/α,β-unsaturated/α-hetero) is 2. The van der Waals surface area contributed by atoms with Crippen LogP contribution in [0, 0.1) is 5.41 Å². The Kier molecular flexibility index (Phi) is 2.66. The van der Waals surface area contributed by atoms with Crippen molar-refractivity contribution in [3.63, 3.8) is 0 Å². The molecule has 0 aliphatic heterocycles. The van der Waals surface area contributed by atoms with E-state index in [1.165, 1.54) is 7.11 Å². The number of carbonyl (C=O) groups excluding carboxylic acids is 3. The molecule has 2 rings (SSSR count). The van der Waals surface area contributed by atoms with Crippen molar-refractivity contribution < 1.29 is 19.1 Å². The molecule has 1 fully saturated rings. The van der Waals surface area contributed by atoms with Crippen LogP contribution in [-0.4, -0.2) is 24.6 Å². The van der Waals surface area contributed by atoms with Crippen molar-refractivity contribution in [1.82, 2.24) is 0 Å². The lowest BCUT2D eigenvalue weighted by atomic mass is 9.70. The molecular weight excluding hydrogens is 208 g/mol. The zero-order valence-electron chi connectivity index (χ0n) is 9.25. The topological polar surface area (TPSA) is 60.4 Å². The predicted molar refractivity (Wildman–Crippen MR) is 55.6 cm³/mol. The van der Waals surface area contributed by atoms with E-state index in [2.05, 4.69) is 4.74 Å². The first-order valence-electron chi connectivity index (χ1n) is 5.48. The number of rotatable bonds is 1. The van der Waals surface area contributed by atoms with Gasteiger partial charge < -0.3 is 4.74 Å². The Labute approximate surface area is 93.7 Å². The summed E-state index contributed by atoms with van der Waals surface area (Å²) in [6, 6.07) is 0. The SMILES string of the molecule is COC(=O)C1=CCC2(CCCCC2=O)C1=O. The van der Waals surface area contributed by atoms with Crippen LogP contribution in [0.25, 0.3) is 0 Å². The Morgan fingerprint density at radius 1 is 1.38 bits per heavy atom. The van der Waals surface area contributed by atoms with Gasteiger partial charge in [0.25, 0.3) is 0 Å². The molecule has 1 atom stereocenters. The first-order chi connectivity index (χ1) is 7.62. The minimum absolute atomic E-state index is 0.0149. The highest BCUT2D eigenvalue weighted by Gasteiger charge is 2.51. The van der Waals surface area contributed by atoms with Crippen LogP contribution in [0.5, 0.6) is 0 Å². The molecule has 4 heteroatoms. The Hall–Kier alpha value is -1.45. The number of esters is 1. The summed E-state index contributed by atoms with van der Waals surface area (Å²) in [5, 5.41) is 0. The smallest absolute Gasteiger partial charge is 0.341 e. The molecule has 1 spiro atoms. The number of allylic oxidation sites excluding steroid dienone is 1. The molecule has 1 saturated carbocycles. The van der Waals surface area contributed by atoms with Gasteiger partial charge in [0.2, 0.25) is 0 Å². The monoisotopic (exact) mass is 222 g/mol. The van der Waals surface area contributed by atoms with Crippen molar-refractivity contribution in [3.05, 3.63) is 11.6 Å². The van der Waals surface area contributed by atoms with E-state index >= 15 is 0 Å². The Bertz CT molecular complexity index is 394. The van der Waals surface area contributed by atoms with Crippen LogP contribution in [0.15, 0.2) is 11.6 Å². The van der Waals surface area contributed by atoms with Gasteiger partial charge in [-0.05, 0) is 19.3 Å². The van der Waals surface area contributed by atoms with Gasteiger partial charge in [-0.1, -0.05) is 12.5 Å². The van der Waals surface area contributed by atoms with E-state index in [1.807, 2.05) is 0 Å². The number of methoxy groups -OCH3 is 1. The minimum atomic E-state index is -0.929. The second-order valence-corrected chi connectivity index (χ2v) is 4.36. The lowest BCUT2D eigenvalue weighted by Gasteiger charge is -2.30. The number of hydrogen-bond donors (Lipinski definition) is 0. The summed E-state index contributed by atoms with van der Waals surface area (Å²) in [5.74, 6) is -0.969. The van der Waals surface area contributed by atoms with Crippen LogP contribution in [0.1, 0.15) is 32.1 Å². The van der Waals surface area contributed by atoms with Gasteiger partial charge >= 0.3 is 5.97 Å². The van der Waals surface area contributed by atoms with E-state index in [-0.39, 0.29) is 17.1 Å². The molecule has 4 nitrogen and oxygen atoms in total.